The lowest BCUT2D eigenvalue weighted by Crippen LogP contribution is -2.19. The van der Waals surface area contributed by atoms with E-state index in [1.54, 1.807) is 29.1 Å². The fraction of sp³-hybridized carbons (Fsp3) is 0.278. The first-order valence-electron chi connectivity index (χ1n) is 8.32. The minimum Gasteiger partial charge on any atom is -0.487 e. The number of aliphatic hydroxyl groups excluding tert-OH is 1. The van der Waals surface area contributed by atoms with Gasteiger partial charge in [0.05, 0.1) is 25.0 Å². The second-order valence-corrected chi connectivity index (χ2v) is 5.63. The summed E-state index contributed by atoms with van der Waals surface area (Å²) in [6, 6.07) is 10.0. The molecule has 2 aromatic heterocycles. The van der Waals surface area contributed by atoms with E-state index in [2.05, 4.69) is 20.0 Å². The second kappa shape index (κ2) is 8.54. The highest BCUT2D eigenvalue weighted by Gasteiger charge is 2.18. The highest BCUT2D eigenvalue weighted by Crippen LogP contribution is 2.29. The van der Waals surface area contributed by atoms with Gasteiger partial charge in [-0.25, -0.2) is 9.67 Å². The van der Waals surface area contributed by atoms with Crippen molar-refractivity contribution in [3.8, 4) is 22.8 Å². The average molecular weight is 377 g/mol. The Bertz CT molecular complexity index is 902. The highest BCUT2D eigenvalue weighted by atomic mass is 19.3. The number of alkyl halides is 2. The number of halogens is 2. The lowest BCUT2D eigenvalue weighted by Gasteiger charge is -2.09. The van der Waals surface area contributed by atoms with Crippen LogP contribution in [0.25, 0.3) is 11.3 Å². The predicted octanol–water partition coefficient (Wildman–Crippen LogP) is 2.30. The summed E-state index contributed by atoms with van der Waals surface area (Å²) >= 11 is 0. The summed E-state index contributed by atoms with van der Waals surface area (Å²) in [6.45, 7) is -0.375. The molecule has 0 aliphatic rings. The number of aromatic nitrogens is 4. The zero-order chi connectivity index (χ0) is 19.2. The van der Waals surface area contributed by atoms with Crippen molar-refractivity contribution in [2.45, 2.75) is 26.7 Å². The van der Waals surface area contributed by atoms with Crippen LogP contribution in [0.15, 0.2) is 42.6 Å². The van der Waals surface area contributed by atoms with Crippen molar-refractivity contribution >= 4 is 0 Å². The van der Waals surface area contributed by atoms with E-state index in [0.29, 0.717) is 35.9 Å². The number of ether oxygens (including phenoxy) is 2. The molecular weight excluding hydrogens is 358 g/mol. The predicted molar refractivity (Wildman–Crippen MR) is 91.3 cm³/mol. The topological polar surface area (TPSA) is 83.5 Å². The third-order valence-electron chi connectivity index (χ3n) is 3.70. The van der Waals surface area contributed by atoms with Crippen LogP contribution in [-0.4, -0.2) is 33.3 Å². The Kier molecular flexibility index (Phi) is 5.92. The number of aromatic amines is 1. The standard InChI is InChI=1S/C18H18F2N4O3/c1-2-26-16-7-6-13(9-24-10-14(11-25)22-23-24)21-17(16)12-4-3-5-15(8-12)27-18(19)20/h3-8,10,18,25H,2,9,11H2,1H3/p+1. The lowest BCUT2D eigenvalue weighted by atomic mass is 10.1. The number of hydrogen-bond acceptors (Lipinski definition) is 5. The summed E-state index contributed by atoms with van der Waals surface area (Å²) < 4.78 is 36.7. The van der Waals surface area contributed by atoms with Crippen molar-refractivity contribution in [3.63, 3.8) is 0 Å². The Balaban J connectivity index is 1.94. The zero-order valence-electron chi connectivity index (χ0n) is 14.6. The Labute approximate surface area is 154 Å². The van der Waals surface area contributed by atoms with Gasteiger partial charge in [-0.2, -0.15) is 8.78 Å². The zero-order valence-corrected chi connectivity index (χ0v) is 14.6. The van der Waals surface area contributed by atoms with E-state index in [1.165, 1.54) is 12.1 Å². The highest BCUT2D eigenvalue weighted by molar-refractivity contribution is 5.64. The number of rotatable bonds is 8. The van der Waals surface area contributed by atoms with Gasteiger partial charge in [-0.15, -0.1) is 5.10 Å². The summed E-state index contributed by atoms with van der Waals surface area (Å²) in [5, 5.41) is 16.9. The molecule has 0 aliphatic carbocycles. The van der Waals surface area contributed by atoms with Gasteiger partial charge in [-0.3, -0.25) is 0 Å². The molecule has 9 heteroatoms. The maximum Gasteiger partial charge on any atom is 0.387 e. The molecular formula is C18H19F2N4O3+. The van der Waals surface area contributed by atoms with Crippen molar-refractivity contribution in [1.82, 2.24) is 15.0 Å². The molecule has 0 saturated carbocycles. The molecule has 0 aliphatic heterocycles. The van der Waals surface area contributed by atoms with Crippen LogP contribution in [0.3, 0.4) is 0 Å². The maximum atomic E-state index is 12.5. The number of aliphatic hydroxyl groups is 1. The number of nitrogens with one attached hydrogen (secondary N) is 1. The van der Waals surface area contributed by atoms with Gasteiger partial charge < -0.3 is 14.6 Å². The van der Waals surface area contributed by atoms with Crippen molar-refractivity contribution in [2.24, 2.45) is 0 Å². The monoisotopic (exact) mass is 377 g/mol. The molecule has 7 nitrogen and oxygen atoms in total. The summed E-state index contributed by atoms with van der Waals surface area (Å²) in [6.07, 6.45) is 1.64. The van der Waals surface area contributed by atoms with E-state index in [9.17, 15) is 8.78 Å². The second-order valence-electron chi connectivity index (χ2n) is 5.63. The third-order valence-corrected chi connectivity index (χ3v) is 3.70. The number of benzene rings is 1. The van der Waals surface area contributed by atoms with E-state index in [1.807, 2.05) is 13.0 Å². The van der Waals surface area contributed by atoms with Crippen molar-refractivity contribution in [3.05, 3.63) is 54.0 Å². The van der Waals surface area contributed by atoms with Gasteiger partial charge in [0.25, 0.3) is 5.69 Å². The summed E-state index contributed by atoms with van der Waals surface area (Å²) in [4.78, 5) is 3.25. The molecule has 2 N–H and O–H groups in total. The molecule has 0 spiro atoms. The molecule has 0 radical (unpaired) electrons. The van der Waals surface area contributed by atoms with Gasteiger partial charge in [0.2, 0.25) is 5.69 Å². The minimum absolute atomic E-state index is 0.0626. The SMILES string of the molecule is CCOc1ccc(Cn2cc(CO)nn2)[nH+]c1-c1cccc(OC(F)F)c1. The van der Waals surface area contributed by atoms with E-state index >= 15 is 0 Å². The Morgan fingerprint density at radius 1 is 1.26 bits per heavy atom. The van der Waals surface area contributed by atoms with Gasteiger partial charge in [-0.1, -0.05) is 11.3 Å². The number of nitrogens with zero attached hydrogens (tertiary/aromatic N) is 3. The molecule has 0 bridgehead atoms. The minimum atomic E-state index is -2.89. The molecule has 3 aromatic rings. The molecule has 27 heavy (non-hydrogen) atoms. The number of pyridine rings is 1. The van der Waals surface area contributed by atoms with Crippen LogP contribution in [-0.2, 0) is 13.2 Å². The van der Waals surface area contributed by atoms with E-state index < -0.39 is 6.61 Å². The van der Waals surface area contributed by atoms with Crippen LogP contribution < -0.4 is 14.5 Å². The molecule has 3 rings (SSSR count). The first-order chi connectivity index (χ1) is 13.1. The van der Waals surface area contributed by atoms with Crippen LogP contribution in [0.1, 0.15) is 18.3 Å². The number of H-pyrrole nitrogens is 1. The van der Waals surface area contributed by atoms with Crippen molar-refractivity contribution in [1.29, 1.82) is 0 Å². The lowest BCUT2D eigenvalue weighted by molar-refractivity contribution is -0.378. The van der Waals surface area contributed by atoms with Crippen LogP contribution in [0.2, 0.25) is 0 Å². The smallest absolute Gasteiger partial charge is 0.387 e. The van der Waals surface area contributed by atoms with Gasteiger partial charge in [0.1, 0.15) is 18.0 Å². The fourth-order valence-corrected chi connectivity index (χ4v) is 2.60. The van der Waals surface area contributed by atoms with Crippen LogP contribution in [0.5, 0.6) is 11.5 Å². The third kappa shape index (κ3) is 4.76. The summed E-state index contributed by atoms with van der Waals surface area (Å²) in [5.74, 6) is 0.651. The Morgan fingerprint density at radius 2 is 2.11 bits per heavy atom. The first-order valence-corrected chi connectivity index (χ1v) is 8.32. The summed E-state index contributed by atoms with van der Waals surface area (Å²) in [7, 11) is 0. The maximum absolute atomic E-state index is 12.5. The van der Waals surface area contributed by atoms with Crippen molar-refractivity contribution in [2.75, 3.05) is 6.61 Å². The molecule has 0 unspecified atom stereocenters. The van der Waals surface area contributed by atoms with Gasteiger partial charge in [0.15, 0.2) is 5.75 Å². The molecule has 142 valence electrons. The fourth-order valence-electron chi connectivity index (χ4n) is 2.60. The number of hydrogen-bond donors (Lipinski definition) is 1. The average Bonchev–Trinajstić information content (AvgIpc) is 3.10. The summed E-state index contributed by atoms with van der Waals surface area (Å²) in [5.41, 5.74) is 2.55. The quantitative estimate of drug-likeness (QED) is 0.651. The molecule has 0 saturated heterocycles. The van der Waals surface area contributed by atoms with Gasteiger partial charge in [0, 0.05) is 6.07 Å². The molecule has 0 amide bonds. The van der Waals surface area contributed by atoms with E-state index in [-0.39, 0.29) is 12.4 Å². The molecule has 0 fully saturated rings. The van der Waals surface area contributed by atoms with Crippen molar-refractivity contribution < 1.29 is 28.3 Å². The molecule has 1 aromatic carbocycles. The normalized spacial score (nSPS) is 11.0. The van der Waals surface area contributed by atoms with Crippen LogP contribution in [0, 0.1) is 0 Å². The van der Waals surface area contributed by atoms with E-state index in [0.717, 1.165) is 5.69 Å². The Hall–Kier alpha value is -3.07. The van der Waals surface area contributed by atoms with E-state index in [4.69, 9.17) is 9.84 Å². The van der Waals surface area contributed by atoms with Gasteiger partial charge in [-0.05, 0) is 31.2 Å². The largest absolute Gasteiger partial charge is 0.487 e. The Morgan fingerprint density at radius 3 is 2.81 bits per heavy atom. The molecule has 0 atom stereocenters. The van der Waals surface area contributed by atoms with Crippen LogP contribution in [0.4, 0.5) is 8.78 Å². The van der Waals surface area contributed by atoms with Gasteiger partial charge >= 0.3 is 6.61 Å². The van der Waals surface area contributed by atoms with Crippen LogP contribution >= 0.6 is 0 Å². The first kappa shape index (κ1) is 18.7. The molecule has 2 heterocycles.